The first-order valence-corrected chi connectivity index (χ1v) is 40.2. The van der Waals surface area contributed by atoms with Crippen molar-refractivity contribution in [3.63, 3.8) is 0 Å². The van der Waals surface area contributed by atoms with E-state index in [1.165, 1.54) is 274 Å². The van der Waals surface area contributed by atoms with Crippen molar-refractivity contribution in [1.29, 1.82) is 0 Å². The molecule has 0 atom stereocenters. The van der Waals surface area contributed by atoms with E-state index in [0.29, 0.717) is 19.4 Å². The molecule has 0 aliphatic rings. The Labute approximate surface area is 507 Å². The summed E-state index contributed by atoms with van der Waals surface area (Å²) in [6.07, 6.45) is 62.0. The first kappa shape index (κ1) is 84.1. The molecule has 0 radical (unpaired) electrons. The maximum absolute atomic E-state index is 11.4. The van der Waals surface area contributed by atoms with Gasteiger partial charge in [0.05, 0.1) is 67.2 Å². The zero-order chi connectivity index (χ0) is 61.6. The van der Waals surface area contributed by atoms with Crippen molar-refractivity contribution in [2.75, 3.05) is 105 Å². The van der Waals surface area contributed by atoms with Gasteiger partial charge in [0.1, 0.15) is 12.4 Å². The Morgan fingerprint density at radius 1 is 0.469 bits per heavy atom. The van der Waals surface area contributed by atoms with Gasteiger partial charge in [0.15, 0.2) is 0 Å². The average Bonchev–Trinajstić information content (AvgIpc) is 3.83. The molecule has 81 heavy (non-hydrogen) atoms. The van der Waals surface area contributed by atoms with Gasteiger partial charge in [-0.05, 0) is 38.5 Å². The summed E-state index contributed by atoms with van der Waals surface area (Å²) in [6.45, 7) is 18.6. The van der Waals surface area contributed by atoms with Gasteiger partial charge in [0, 0.05) is 27.6 Å². The van der Waals surface area contributed by atoms with Crippen LogP contribution in [-0.4, -0.2) is 155 Å². The molecule has 0 aromatic carbocycles. The smallest absolute Gasteiger partial charge is 0.265 e. The maximum Gasteiger partial charge on any atom is 0.265 e. The topological polar surface area (TPSA) is 133 Å². The Bertz CT molecular complexity index is 1670. The molecule has 0 amide bonds. The minimum Gasteiger partial charge on any atom is -0.286 e. The molecule has 1 heterocycles. The van der Waals surface area contributed by atoms with Crippen LogP contribution in [0.3, 0.4) is 0 Å². The molecule has 15 heteroatoms. The van der Waals surface area contributed by atoms with E-state index >= 15 is 0 Å². The fourth-order valence-electron chi connectivity index (χ4n) is 11.5. The van der Waals surface area contributed by atoms with Gasteiger partial charge >= 0.3 is 204 Å². The van der Waals surface area contributed by atoms with Crippen LogP contribution < -0.4 is 4.57 Å². The summed E-state index contributed by atoms with van der Waals surface area (Å²) in [7, 11) is 7.46. The van der Waals surface area contributed by atoms with Crippen LogP contribution in [0.25, 0.3) is 0 Å². The SMILES string of the molecule is C/N=C(\N(C)C)[N+](C)(C)C.CCCCCCCC[N+](C)(CCCCCCCC)CCCCCCCC.CCCCCCCC[PH](CCCCCCCC)(CCCCCCCC)CCCS(=O)(=O)O.C[n+]1ccn(CCCS(=O)(=O)O)c1. The van der Waals surface area contributed by atoms with Gasteiger partial charge in [0.25, 0.3) is 16.1 Å². The summed E-state index contributed by atoms with van der Waals surface area (Å²) in [5.41, 5.74) is 0. The number of hydrogen-bond donors (Lipinski definition) is 2. The molecular formula is C66H144N6O6PS2+3. The second-order valence-electron chi connectivity index (χ2n) is 25.9. The number of guanidine groups is 1. The monoisotopic (exact) mass is 1210 g/mol. The van der Waals surface area contributed by atoms with Crippen molar-refractivity contribution in [3.8, 4) is 0 Å². The molecule has 1 aromatic rings. The number of hydrogen-bond acceptors (Lipinski definition) is 5. The Morgan fingerprint density at radius 3 is 1.00 bits per heavy atom. The summed E-state index contributed by atoms with van der Waals surface area (Å²) >= 11 is 0. The van der Waals surface area contributed by atoms with E-state index in [4.69, 9.17) is 4.55 Å². The summed E-state index contributed by atoms with van der Waals surface area (Å²) in [5, 5.41) is 0. The molecule has 0 spiro atoms. The third-order valence-corrected chi connectivity index (χ3v) is 23.6. The zero-order valence-electron chi connectivity index (χ0n) is 56.7. The quantitative estimate of drug-likeness (QED) is 0.0126. The van der Waals surface area contributed by atoms with E-state index < -0.39 is 27.5 Å². The third-order valence-electron chi connectivity index (χ3n) is 16.3. The average molecular weight is 1210 g/mol. The molecular weight excluding hydrogens is 1070 g/mol. The van der Waals surface area contributed by atoms with E-state index in [2.05, 4.69) is 74.7 Å². The molecule has 0 aliphatic heterocycles. The minimum absolute atomic E-state index is 0.0365. The molecule has 0 unspecified atom stereocenters. The Balaban J connectivity index is -0.00000110. The van der Waals surface area contributed by atoms with E-state index in [-0.39, 0.29) is 11.5 Å². The summed E-state index contributed by atoms with van der Waals surface area (Å²) in [4.78, 5) is 6.20. The fraction of sp³-hybridized carbons (Fsp3) is 0.939. The van der Waals surface area contributed by atoms with E-state index in [1.54, 1.807) is 0 Å². The van der Waals surface area contributed by atoms with Crippen molar-refractivity contribution in [1.82, 2.24) is 9.47 Å². The number of aromatic nitrogens is 2. The van der Waals surface area contributed by atoms with Crippen LogP contribution in [0.4, 0.5) is 0 Å². The number of aliphatic imine (C=N–C) groups is 1. The standard InChI is InChI=1S/C27H59O3PS.C25H54N.C7H18N3.C7H12N2O3S/c1-4-7-10-13-16-19-23-31(26-22-27-32(28,29)30,24-20-17-14-11-8-5-2)25-21-18-15-12-9-6-3;1-5-8-11-14-17-20-23-26(4,24-21-18-15-12-9-6-2)25-22-19-16-13-10-7-3;1-8-7(9(2)3)10(4,5)6;1-8-4-5-9(7-8)3-2-6-13(10,11)12/h31H,4-27H2,1-3H3,(H,28,29,30);5-25H2,1-4H3;1-6H3;4-5,7H,2-3,6H2,1H3/q;2*+1;/p+1/b;;8-7+;. The van der Waals surface area contributed by atoms with Crippen LogP contribution in [0.5, 0.6) is 0 Å². The van der Waals surface area contributed by atoms with E-state index in [1.807, 2.05) is 60.9 Å². The number of imidazole rings is 1. The molecule has 0 aliphatic carbocycles. The van der Waals surface area contributed by atoms with Crippen LogP contribution in [-0.2, 0) is 33.8 Å². The van der Waals surface area contributed by atoms with Crippen LogP contribution >= 0.6 is 7.26 Å². The molecule has 0 saturated carbocycles. The summed E-state index contributed by atoms with van der Waals surface area (Å²) < 4.78 is 67.1. The zero-order valence-corrected chi connectivity index (χ0v) is 59.3. The molecule has 0 bridgehead atoms. The van der Waals surface area contributed by atoms with Gasteiger partial charge in [-0.1, -0.05) is 97.8 Å². The first-order chi connectivity index (χ1) is 38.4. The Kier molecular flexibility index (Phi) is 57.5. The van der Waals surface area contributed by atoms with Crippen molar-refractivity contribution in [2.45, 2.75) is 292 Å². The van der Waals surface area contributed by atoms with E-state index in [0.717, 1.165) is 16.6 Å². The van der Waals surface area contributed by atoms with Crippen LogP contribution in [0.15, 0.2) is 23.7 Å². The maximum atomic E-state index is 11.4. The molecule has 488 valence electrons. The minimum atomic E-state index is -3.83. The number of quaternary nitrogens is 2. The molecule has 1 rings (SSSR count). The van der Waals surface area contributed by atoms with Gasteiger partial charge < -0.3 is 9.38 Å². The van der Waals surface area contributed by atoms with Gasteiger partial charge in [-0.3, -0.25) is 9.04 Å². The van der Waals surface area contributed by atoms with Gasteiger partial charge in [-0.15, -0.1) is 0 Å². The largest absolute Gasteiger partial charge is 0.286 e. The van der Waals surface area contributed by atoms with Gasteiger partial charge in [-0.2, -0.15) is 8.42 Å². The Morgan fingerprint density at radius 2 is 0.753 bits per heavy atom. The summed E-state index contributed by atoms with van der Waals surface area (Å²) in [5.74, 6) is 0.847. The molecule has 2 N–H and O–H groups in total. The number of aryl methyl sites for hydroxylation is 2. The van der Waals surface area contributed by atoms with Crippen LogP contribution in [0.1, 0.15) is 286 Å². The molecule has 1 aromatic heterocycles. The number of unbranched alkanes of at least 4 members (excludes halogenated alkanes) is 30. The molecule has 0 fully saturated rings. The van der Waals surface area contributed by atoms with Gasteiger partial charge in [-0.25, -0.2) is 14.1 Å². The predicted molar refractivity (Wildman–Crippen MR) is 362 cm³/mol. The predicted octanol–water partition coefficient (Wildman–Crippen LogP) is 17.4. The second-order valence-corrected chi connectivity index (χ2v) is 34.1. The van der Waals surface area contributed by atoms with Crippen molar-refractivity contribution in [3.05, 3.63) is 18.7 Å². The van der Waals surface area contributed by atoms with Crippen molar-refractivity contribution >= 4 is 33.5 Å². The molecule has 0 saturated heterocycles. The summed E-state index contributed by atoms with van der Waals surface area (Å²) in [6, 6.07) is 0. The van der Waals surface area contributed by atoms with E-state index in [9.17, 15) is 21.4 Å². The molecule has 12 nitrogen and oxygen atoms in total. The first-order valence-electron chi connectivity index (χ1n) is 34.1. The van der Waals surface area contributed by atoms with Crippen molar-refractivity contribution in [2.24, 2.45) is 12.0 Å². The number of nitrogens with zero attached hydrogens (tertiary/aromatic N) is 6. The third kappa shape index (κ3) is 59.0. The van der Waals surface area contributed by atoms with Crippen molar-refractivity contribution < 1.29 is 39.5 Å². The second kappa shape index (κ2) is 55.4. The normalized spacial score (nSPS) is 12.6. The van der Waals surface area contributed by atoms with Gasteiger partial charge in [0.2, 0.25) is 6.33 Å². The Hall–Kier alpha value is -1.15. The number of rotatable bonds is 50. The van der Waals surface area contributed by atoms with Crippen LogP contribution in [0.2, 0.25) is 0 Å². The fourth-order valence-corrected chi connectivity index (χ4v) is 18.2. The van der Waals surface area contributed by atoms with Crippen LogP contribution in [0, 0.1) is 0 Å².